The summed E-state index contributed by atoms with van der Waals surface area (Å²) in [6.07, 6.45) is 0. The van der Waals surface area contributed by atoms with E-state index in [2.05, 4.69) is 5.32 Å². The molecule has 0 bridgehead atoms. The number of nitrogens with one attached hydrogen (secondary N) is 1. The first-order valence-electron chi connectivity index (χ1n) is 6.23. The highest BCUT2D eigenvalue weighted by Gasteiger charge is 2.20. The molecule has 0 atom stereocenters. The molecule has 0 radical (unpaired) electrons. The lowest BCUT2D eigenvalue weighted by atomic mass is 10.1. The molecule has 0 aliphatic carbocycles. The summed E-state index contributed by atoms with van der Waals surface area (Å²) in [5, 5.41) is 2.85. The van der Waals surface area contributed by atoms with Crippen molar-refractivity contribution in [1.29, 1.82) is 0 Å². The summed E-state index contributed by atoms with van der Waals surface area (Å²) in [4.78, 5) is 27.6. The fourth-order valence-corrected chi connectivity index (χ4v) is 2.71. The van der Waals surface area contributed by atoms with Gasteiger partial charge in [-0.25, -0.2) is 0 Å². The van der Waals surface area contributed by atoms with E-state index in [0.29, 0.717) is 5.56 Å². The average Bonchev–Trinajstić information content (AvgIpc) is 2.53. The van der Waals surface area contributed by atoms with Crippen LogP contribution in [0.15, 0.2) is 6.07 Å². The molecule has 1 aromatic heterocycles. The van der Waals surface area contributed by atoms with E-state index in [9.17, 15) is 9.59 Å². The topological polar surface area (TPSA) is 49.4 Å². The van der Waals surface area contributed by atoms with Gasteiger partial charge in [-0.3, -0.25) is 9.59 Å². The van der Waals surface area contributed by atoms with Gasteiger partial charge < -0.3 is 10.2 Å². The normalized spacial score (nSPS) is 11.3. The number of hydrogen-bond donors (Lipinski definition) is 1. The highest BCUT2D eigenvalue weighted by molar-refractivity contribution is 7.12. The summed E-state index contributed by atoms with van der Waals surface area (Å²) in [6, 6.07) is 1.88. The molecule has 0 saturated carbocycles. The molecule has 1 aromatic rings. The van der Waals surface area contributed by atoms with E-state index in [0.717, 1.165) is 9.75 Å². The van der Waals surface area contributed by atoms with E-state index in [1.165, 1.54) is 4.90 Å². The quantitative estimate of drug-likeness (QED) is 0.925. The van der Waals surface area contributed by atoms with Gasteiger partial charge in [-0.15, -0.1) is 11.3 Å². The Morgan fingerprint density at radius 3 is 2.32 bits per heavy atom. The zero-order valence-corrected chi connectivity index (χ0v) is 13.3. The smallest absolute Gasteiger partial charge is 0.255 e. The van der Waals surface area contributed by atoms with Gasteiger partial charge in [0.1, 0.15) is 0 Å². The van der Waals surface area contributed by atoms with Crippen LogP contribution < -0.4 is 5.32 Å². The maximum atomic E-state index is 12.2. The predicted octanol–water partition coefficient (Wildman–Crippen LogP) is 2.35. The molecule has 0 aromatic carbocycles. The summed E-state index contributed by atoms with van der Waals surface area (Å²) in [5.41, 5.74) is 0.407. The van der Waals surface area contributed by atoms with E-state index in [1.807, 2.05) is 40.7 Å². The molecular formula is C14H22N2O2S. The Bertz CT molecular complexity index is 486. The molecule has 19 heavy (non-hydrogen) atoms. The van der Waals surface area contributed by atoms with Gasteiger partial charge in [-0.1, -0.05) is 0 Å². The molecule has 5 heteroatoms. The number of thiophene rings is 1. The third-order valence-electron chi connectivity index (χ3n) is 2.51. The molecule has 1 heterocycles. The van der Waals surface area contributed by atoms with Crippen molar-refractivity contribution in [3.8, 4) is 0 Å². The number of hydrogen-bond acceptors (Lipinski definition) is 3. The highest BCUT2D eigenvalue weighted by atomic mass is 32.1. The van der Waals surface area contributed by atoms with Crippen LogP contribution in [-0.4, -0.2) is 35.8 Å². The molecule has 4 nitrogen and oxygen atoms in total. The lowest BCUT2D eigenvalue weighted by Gasteiger charge is -2.23. The molecule has 106 valence electrons. The van der Waals surface area contributed by atoms with Gasteiger partial charge in [0, 0.05) is 22.3 Å². The Labute approximate surface area is 118 Å². The van der Waals surface area contributed by atoms with Crippen molar-refractivity contribution in [3.05, 3.63) is 21.4 Å². The van der Waals surface area contributed by atoms with Crippen LogP contribution >= 0.6 is 11.3 Å². The van der Waals surface area contributed by atoms with Gasteiger partial charge in [0.2, 0.25) is 5.91 Å². The summed E-state index contributed by atoms with van der Waals surface area (Å²) in [7, 11) is 1.65. The largest absolute Gasteiger partial charge is 0.350 e. The lowest BCUT2D eigenvalue weighted by molar-refractivity contribution is -0.122. The number of carbonyl (C=O) groups is 2. The van der Waals surface area contributed by atoms with Crippen molar-refractivity contribution in [2.75, 3.05) is 13.6 Å². The van der Waals surface area contributed by atoms with E-state index in [1.54, 1.807) is 18.4 Å². The number of carbonyl (C=O) groups excluding carboxylic acids is 2. The molecule has 0 unspecified atom stereocenters. The maximum Gasteiger partial charge on any atom is 0.255 e. The lowest BCUT2D eigenvalue weighted by Crippen LogP contribution is -2.46. The van der Waals surface area contributed by atoms with Crippen molar-refractivity contribution in [2.24, 2.45) is 0 Å². The number of aryl methyl sites for hydroxylation is 2. The minimum Gasteiger partial charge on any atom is -0.350 e. The van der Waals surface area contributed by atoms with Crippen molar-refractivity contribution in [2.45, 2.75) is 40.2 Å². The second-order valence-corrected chi connectivity index (χ2v) is 7.25. The zero-order valence-electron chi connectivity index (χ0n) is 12.5. The standard InChI is InChI=1S/C14H22N2O2S/c1-9-7-11(10(2)19-9)13(18)16(6)8-12(17)15-14(3,4)5/h7H,8H2,1-6H3,(H,15,17). The third kappa shape index (κ3) is 4.67. The first kappa shape index (κ1) is 15.7. The first-order valence-corrected chi connectivity index (χ1v) is 7.05. The van der Waals surface area contributed by atoms with Crippen LogP contribution in [0.25, 0.3) is 0 Å². The van der Waals surface area contributed by atoms with Crippen molar-refractivity contribution < 1.29 is 9.59 Å². The van der Waals surface area contributed by atoms with Gasteiger partial charge in [-0.2, -0.15) is 0 Å². The minimum atomic E-state index is -0.282. The van der Waals surface area contributed by atoms with Gasteiger partial charge in [-0.05, 0) is 40.7 Å². The first-order chi connectivity index (χ1) is 8.60. The molecule has 1 rings (SSSR count). The maximum absolute atomic E-state index is 12.2. The third-order valence-corrected chi connectivity index (χ3v) is 3.48. The molecule has 0 aliphatic heterocycles. The van der Waals surface area contributed by atoms with Gasteiger partial charge in [0.05, 0.1) is 12.1 Å². The molecule has 2 amide bonds. The molecule has 0 aliphatic rings. The van der Waals surface area contributed by atoms with Gasteiger partial charge in [0.15, 0.2) is 0 Å². The summed E-state index contributed by atoms with van der Waals surface area (Å²) in [6.45, 7) is 9.72. The molecule has 0 fully saturated rings. The van der Waals surface area contributed by atoms with E-state index >= 15 is 0 Å². The van der Waals surface area contributed by atoms with Crippen molar-refractivity contribution in [3.63, 3.8) is 0 Å². The average molecular weight is 282 g/mol. The SMILES string of the molecule is Cc1cc(C(=O)N(C)CC(=O)NC(C)(C)C)c(C)s1. The van der Waals surface area contributed by atoms with E-state index < -0.39 is 0 Å². The Hall–Kier alpha value is -1.36. The summed E-state index contributed by atoms with van der Waals surface area (Å²) in [5.74, 6) is -0.251. The highest BCUT2D eigenvalue weighted by Crippen LogP contribution is 2.21. The number of nitrogens with zero attached hydrogens (tertiary/aromatic N) is 1. The van der Waals surface area contributed by atoms with Crippen LogP contribution in [0.1, 0.15) is 40.9 Å². The molecular weight excluding hydrogens is 260 g/mol. The monoisotopic (exact) mass is 282 g/mol. The van der Waals surface area contributed by atoms with Crippen molar-refractivity contribution in [1.82, 2.24) is 10.2 Å². The fourth-order valence-electron chi connectivity index (χ4n) is 1.79. The Balaban J connectivity index is 2.68. The van der Waals surface area contributed by atoms with Crippen molar-refractivity contribution >= 4 is 23.2 Å². The predicted molar refractivity (Wildman–Crippen MR) is 78.6 cm³/mol. The Morgan fingerprint density at radius 1 is 1.32 bits per heavy atom. The molecule has 0 spiro atoms. The van der Waals surface area contributed by atoms with Crippen LogP contribution in [-0.2, 0) is 4.79 Å². The second kappa shape index (κ2) is 5.74. The Morgan fingerprint density at radius 2 is 1.89 bits per heavy atom. The molecule has 1 N–H and O–H groups in total. The zero-order chi connectivity index (χ0) is 14.8. The van der Waals surface area contributed by atoms with Crippen LogP contribution in [0.5, 0.6) is 0 Å². The fraction of sp³-hybridized carbons (Fsp3) is 0.571. The number of likely N-dealkylation sites (N-methyl/N-ethyl adjacent to an activating group) is 1. The van der Waals surface area contributed by atoms with Gasteiger partial charge >= 0.3 is 0 Å². The Kier molecular flexibility index (Phi) is 4.74. The van der Waals surface area contributed by atoms with Crippen LogP contribution in [0.4, 0.5) is 0 Å². The number of rotatable bonds is 3. The summed E-state index contributed by atoms with van der Waals surface area (Å²) < 4.78 is 0. The van der Waals surface area contributed by atoms with E-state index in [4.69, 9.17) is 0 Å². The van der Waals surface area contributed by atoms with Crippen LogP contribution in [0.2, 0.25) is 0 Å². The van der Waals surface area contributed by atoms with Crippen LogP contribution in [0.3, 0.4) is 0 Å². The second-order valence-electron chi connectivity index (χ2n) is 5.79. The minimum absolute atomic E-state index is 0.0738. The van der Waals surface area contributed by atoms with E-state index in [-0.39, 0.29) is 23.9 Å². The number of amides is 2. The van der Waals surface area contributed by atoms with Crippen LogP contribution in [0, 0.1) is 13.8 Å². The molecule has 0 saturated heterocycles. The van der Waals surface area contributed by atoms with Gasteiger partial charge in [0.25, 0.3) is 5.91 Å². The summed E-state index contributed by atoms with van der Waals surface area (Å²) >= 11 is 1.60.